The van der Waals surface area contributed by atoms with Crippen LogP contribution in [0.25, 0.3) is 0 Å². The van der Waals surface area contributed by atoms with Crippen LogP contribution < -0.4 is 0 Å². The molecule has 2 heteroatoms. The number of unbranched alkanes of at least 4 members (excludes halogenated alkanes) is 2. The van der Waals surface area contributed by atoms with Crippen LogP contribution in [0, 0.1) is 12.8 Å². The quantitative estimate of drug-likeness (QED) is 0.581. The highest BCUT2D eigenvalue weighted by atomic mass is 16.7. The second-order valence-corrected chi connectivity index (χ2v) is 7.26. The van der Waals surface area contributed by atoms with Crippen molar-refractivity contribution in [3.05, 3.63) is 34.4 Å². The van der Waals surface area contributed by atoms with E-state index in [1.54, 1.807) is 0 Å². The summed E-state index contributed by atoms with van der Waals surface area (Å²) in [6, 6.07) is 4.57. The van der Waals surface area contributed by atoms with E-state index in [9.17, 15) is 0 Å². The maximum Gasteiger partial charge on any atom is 0.183 e. The molecule has 1 heterocycles. The number of aryl methyl sites for hydroxylation is 1. The van der Waals surface area contributed by atoms with Crippen molar-refractivity contribution < 1.29 is 9.47 Å². The molecule has 23 heavy (non-hydrogen) atoms. The van der Waals surface area contributed by atoms with Gasteiger partial charge in [0.05, 0.1) is 13.2 Å². The van der Waals surface area contributed by atoms with Crippen LogP contribution in [0.2, 0.25) is 0 Å². The van der Waals surface area contributed by atoms with Crippen molar-refractivity contribution in [2.45, 2.75) is 78.9 Å². The van der Waals surface area contributed by atoms with Crippen LogP contribution in [0.3, 0.4) is 0 Å². The number of hydrogen-bond acceptors (Lipinski definition) is 2. The first-order chi connectivity index (χ1) is 11.1. The molecule has 2 rings (SSSR count). The molecular formula is C21H34O2. The van der Waals surface area contributed by atoms with Crippen LogP contribution in [-0.2, 0) is 15.9 Å². The highest BCUT2D eigenvalue weighted by molar-refractivity contribution is 5.40. The Balaban J connectivity index is 2.04. The zero-order chi connectivity index (χ0) is 16.8. The number of ether oxygens (including phenoxy) is 2. The van der Waals surface area contributed by atoms with Crippen LogP contribution in [0.5, 0.6) is 0 Å². The Labute approximate surface area is 142 Å². The Morgan fingerprint density at radius 1 is 1.09 bits per heavy atom. The summed E-state index contributed by atoms with van der Waals surface area (Å²) in [5.74, 6) is 1.10. The Morgan fingerprint density at radius 2 is 1.78 bits per heavy atom. The van der Waals surface area contributed by atoms with Crippen molar-refractivity contribution in [2.24, 2.45) is 5.92 Å². The fourth-order valence-corrected chi connectivity index (χ4v) is 3.51. The van der Waals surface area contributed by atoms with E-state index in [2.05, 4.69) is 46.8 Å². The second-order valence-electron chi connectivity index (χ2n) is 7.26. The van der Waals surface area contributed by atoms with Gasteiger partial charge in [-0.15, -0.1) is 0 Å². The maximum absolute atomic E-state index is 6.06. The summed E-state index contributed by atoms with van der Waals surface area (Å²) >= 11 is 0. The Hall–Kier alpha value is -0.860. The SMILES string of the molecule is CCCCCC1COC(c2cc(CC)c(C)c(C(C)C)c2)OC1. The third-order valence-corrected chi connectivity index (χ3v) is 5.04. The predicted octanol–water partition coefficient (Wildman–Crippen LogP) is 5.92. The summed E-state index contributed by atoms with van der Waals surface area (Å²) in [6.45, 7) is 12.9. The molecule has 0 aliphatic carbocycles. The highest BCUT2D eigenvalue weighted by Gasteiger charge is 2.24. The van der Waals surface area contributed by atoms with E-state index in [1.807, 2.05) is 0 Å². The third-order valence-electron chi connectivity index (χ3n) is 5.04. The van der Waals surface area contributed by atoms with Gasteiger partial charge in [0.25, 0.3) is 0 Å². The molecule has 0 unspecified atom stereocenters. The molecular weight excluding hydrogens is 284 g/mol. The lowest BCUT2D eigenvalue weighted by atomic mass is 9.90. The van der Waals surface area contributed by atoms with Gasteiger partial charge in [0.2, 0.25) is 0 Å². The Bertz CT molecular complexity index is 485. The summed E-state index contributed by atoms with van der Waals surface area (Å²) in [4.78, 5) is 0. The molecule has 1 aromatic carbocycles. The molecule has 0 atom stereocenters. The lowest BCUT2D eigenvalue weighted by molar-refractivity contribution is -0.206. The van der Waals surface area contributed by atoms with Gasteiger partial charge in [0, 0.05) is 11.5 Å². The normalized spacial score (nSPS) is 21.8. The van der Waals surface area contributed by atoms with Gasteiger partial charge in [-0.1, -0.05) is 59.1 Å². The van der Waals surface area contributed by atoms with Crippen LogP contribution in [0.15, 0.2) is 12.1 Å². The second kappa shape index (κ2) is 8.84. The minimum Gasteiger partial charge on any atom is -0.348 e. The first kappa shape index (κ1) is 18.5. The molecule has 0 radical (unpaired) electrons. The van der Waals surface area contributed by atoms with E-state index in [0.29, 0.717) is 11.8 Å². The van der Waals surface area contributed by atoms with Crippen LogP contribution in [-0.4, -0.2) is 13.2 Å². The van der Waals surface area contributed by atoms with E-state index >= 15 is 0 Å². The lowest BCUT2D eigenvalue weighted by Crippen LogP contribution is -2.27. The number of rotatable bonds is 7. The maximum atomic E-state index is 6.06. The predicted molar refractivity (Wildman–Crippen MR) is 96.9 cm³/mol. The summed E-state index contributed by atoms with van der Waals surface area (Å²) in [7, 11) is 0. The van der Waals surface area contributed by atoms with E-state index in [4.69, 9.17) is 9.47 Å². The standard InChI is InChI=1S/C21H34O2/c1-6-8-9-10-17-13-22-21(23-14-17)19-11-18(7-2)16(5)20(12-19)15(3)4/h11-12,15,17,21H,6-10,13-14H2,1-5H3. The summed E-state index contributed by atoms with van der Waals surface area (Å²) < 4.78 is 12.1. The van der Waals surface area contributed by atoms with E-state index in [1.165, 1.54) is 47.9 Å². The van der Waals surface area contributed by atoms with Crippen molar-refractivity contribution in [3.63, 3.8) is 0 Å². The monoisotopic (exact) mass is 318 g/mol. The minimum absolute atomic E-state index is 0.180. The van der Waals surface area contributed by atoms with Gasteiger partial charge in [0.15, 0.2) is 6.29 Å². The van der Waals surface area contributed by atoms with Gasteiger partial charge in [-0.05, 0) is 42.4 Å². The Kier molecular flexibility index (Phi) is 7.10. The molecule has 1 aliphatic heterocycles. The molecule has 0 saturated carbocycles. The van der Waals surface area contributed by atoms with Crippen molar-refractivity contribution in [1.82, 2.24) is 0 Å². The fourth-order valence-electron chi connectivity index (χ4n) is 3.51. The van der Waals surface area contributed by atoms with Gasteiger partial charge in [-0.25, -0.2) is 0 Å². The summed E-state index contributed by atoms with van der Waals surface area (Å²) in [5.41, 5.74) is 5.47. The molecule has 1 fully saturated rings. The molecule has 2 nitrogen and oxygen atoms in total. The van der Waals surface area contributed by atoms with Crippen LogP contribution in [0.1, 0.15) is 87.8 Å². The topological polar surface area (TPSA) is 18.5 Å². The van der Waals surface area contributed by atoms with E-state index in [-0.39, 0.29) is 6.29 Å². The van der Waals surface area contributed by atoms with Crippen LogP contribution in [0.4, 0.5) is 0 Å². The van der Waals surface area contributed by atoms with Crippen molar-refractivity contribution >= 4 is 0 Å². The zero-order valence-electron chi connectivity index (χ0n) is 15.7. The van der Waals surface area contributed by atoms with Crippen LogP contribution >= 0.6 is 0 Å². The average Bonchev–Trinajstić information content (AvgIpc) is 2.56. The third kappa shape index (κ3) is 4.81. The Morgan fingerprint density at radius 3 is 2.35 bits per heavy atom. The van der Waals surface area contributed by atoms with E-state index < -0.39 is 0 Å². The molecule has 1 aliphatic rings. The van der Waals surface area contributed by atoms with Gasteiger partial charge >= 0.3 is 0 Å². The summed E-state index contributed by atoms with van der Waals surface area (Å²) in [5, 5.41) is 0. The van der Waals surface area contributed by atoms with Gasteiger partial charge in [0.1, 0.15) is 0 Å². The molecule has 0 N–H and O–H groups in total. The first-order valence-corrected chi connectivity index (χ1v) is 9.43. The van der Waals surface area contributed by atoms with Crippen molar-refractivity contribution in [1.29, 1.82) is 0 Å². The molecule has 1 aromatic rings. The van der Waals surface area contributed by atoms with Gasteiger partial charge in [-0.2, -0.15) is 0 Å². The average molecular weight is 319 g/mol. The number of hydrogen-bond donors (Lipinski definition) is 0. The zero-order valence-corrected chi connectivity index (χ0v) is 15.7. The first-order valence-electron chi connectivity index (χ1n) is 9.43. The fraction of sp³-hybridized carbons (Fsp3) is 0.714. The molecule has 130 valence electrons. The molecule has 0 spiro atoms. The molecule has 0 amide bonds. The molecule has 0 aromatic heterocycles. The van der Waals surface area contributed by atoms with Crippen molar-refractivity contribution in [2.75, 3.05) is 13.2 Å². The minimum atomic E-state index is -0.180. The smallest absolute Gasteiger partial charge is 0.183 e. The van der Waals surface area contributed by atoms with Gasteiger partial charge in [-0.3, -0.25) is 0 Å². The lowest BCUT2D eigenvalue weighted by Gasteiger charge is -2.30. The molecule has 0 bridgehead atoms. The van der Waals surface area contributed by atoms with Gasteiger partial charge < -0.3 is 9.47 Å². The summed E-state index contributed by atoms with van der Waals surface area (Å²) in [6.07, 6.45) is 5.99. The van der Waals surface area contributed by atoms with E-state index in [0.717, 1.165) is 19.6 Å². The van der Waals surface area contributed by atoms with Crippen molar-refractivity contribution in [3.8, 4) is 0 Å². The highest BCUT2D eigenvalue weighted by Crippen LogP contribution is 2.32. The molecule has 1 saturated heterocycles. The largest absolute Gasteiger partial charge is 0.348 e. The number of benzene rings is 1.